The molecule has 2 aromatic carbocycles. The maximum Gasteiger partial charge on any atom is 0.163 e. The lowest BCUT2D eigenvalue weighted by Crippen LogP contribution is -2.14. The molecule has 7 nitrogen and oxygen atoms in total. The smallest absolute Gasteiger partial charge is 0.163 e. The van der Waals surface area contributed by atoms with Gasteiger partial charge in [-0.05, 0) is 29.8 Å². The van der Waals surface area contributed by atoms with Gasteiger partial charge in [-0.2, -0.15) is 0 Å². The maximum absolute atomic E-state index is 13.8. The van der Waals surface area contributed by atoms with Gasteiger partial charge in [-0.25, -0.2) is 14.4 Å². The van der Waals surface area contributed by atoms with Crippen molar-refractivity contribution in [2.45, 2.75) is 4.43 Å². The number of benzene rings is 2. The molecule has 28 heavy (non-hydrogen) atoms. The lowest BCUT2D eigenvalue weighted by atomic mass is 10.2. The van der Waals surface area contributed by atoms with Gasteiger partial charge in [-0.1, -0.05) is 22.6 Å². The monoisotopic (exact) mass is 497 g/mol. The second-order valence-electron chi connectivity index (χ2n) is 5.88. The highest BCUT2D eigenvalue weighted by molar-refractivity contribution is 14.1. The van der Waals surface area contributed by atoms with Gasteiger partial charge in [-0.15, -0.1) is 0 Å². The van der Waals surface area contributed by atoms with E-state index < -0.39 is 0 Å². The summed E-state index contributed by atoms with van der Waals surface area (Å²) in [4.78, 5) is 8.65. The highest BCUT2D eigenvalue weighted by atomic mass is 127. The van der Waals surface area contributed by atoms with Gasteiger partial charge in [0, 0.05) is 34.7 Å². The molecule has 0 amide bonds. The van der Waals surface area contributed by atoms with Crippen molar-refractivity contribution in [3.8, 4) is 11.5 Å². The van der Waals surface area contributed by atoms with Gasteiger partial charge >= 0.3 is 0 Å². The van der Waals surface area contributed by atoms with Crippen molar-refractivity contribution in [3.05, 3.63) is 48.0 Å². The van der Waals surface area contributed by atoms with Crippen molar-refractivity contribution >= 4 is 45.0 Å². The summed E-state index contributed by atoms with van der Waals surface area (Å²) < 4.78 is 25.7. The standard InChI is InChI=1S/C19H21FIN5O2/c20-15-2-1-13(7-12(15)10-21)26-19-14-8-17(27-5-3-22)18(28-6-4-23)9-16(14)24-11-25-19/h1-2,7-9,11H,3-6,10,22-23H2,(H,24,25,26). The van der Waals surface area contributed by atoms with Crippen LogP contribution in [0.15, 0.2) is 36.7 Å². The number of nitrogens with two attached hydrogens (primary N) is 2. The summed E-state index contributed by atoms with van der Waals surface area (Å²) in [5, 5.41) is 3.98. The number of nitrogens with one attached hydrogen (secondary N) is 1. The Labute approximate surface area is 175 Å². The molecular weight excluding hydrogens is 476 g/mol. The number of ether oxygens (including phenoxy) is 2. The van der Waals surface area contributed by atoms with E-state index >= 15 is 0 Å². The van der Waals surface area contributed by atoms with Crippen molar-refractivity contribution in [2.24, 2.45) is 11.5 Å². The second kappa shape index (κ2) is 9.80. The lowest BCUT2D eigenvalue weighted by molar-refractivity contribution is 0.278. The fraction of sp³-hybridized carbons (Fsp3) is 0.263. The highest BCUT2D eigenvalue weighted by Gasteiger charge is 2.13. The second-order valence-corrected chi connectivity index (χ2v) is 6.64. The highest BCUT2D eigenvalue weighted by Crippen LogP contribution is 2.35. The zero-order valence-electron chi connectivity index (χ0n) is 15.1. The number of fused-ring (bicyclic) bond motifs is 1. The fourth-order valence-corrected chi connectivity index (χ4v) is 3.20. The van der Waals surface area contributed by atoms with Crippen molar-refractivity contribution in [2.75, 3.05) is 31.6 Å². The first kappa shape index (κ1) is 20.5. The van der Waals surface area contributed by atoms with Crippen LogP contribution in [0.4, 0.5) is 15.9 Å². The van der Waals surface area contributed by atoms with Crippen molar-refractivity contribution in [3.63, 3.8) is 0 Å². The van der Waals surface area contributed by atoms with Gasteiger partial charge in [0.15, 0.2) is 11.5 Å². The fourth-order valence-electron chi connectivity index (χ4n) is 2.62. The molecule has 148 valence electrons. The number of rotatable bonds is 9. The molecule has 0 saturated carbocycles. The molecule has 9 heteroatoms. The van der Waals surface area contributed by atoms with Crippen molar-refractivity contribution in [1.82, 2.24) is 9.97 Å². The number of anilines is 2. The van der Waals surface area contributed by atoms with E-state index in [0.717, 1.165) is 11.1 Å². The van der Waals surface area contributed by atoms with E-state index in [-0.39, 0.29) is 5.82 Å². The lowest BCUT2D eigenvalue weighted by Gasteiger charge is -2.15. The quantitative estimate of drug-likeness (QED) is 0.308. The first-order chi connectivity index (χ1) is 13.7. The molecule has 5 N–H and O–H groups in total. The number of aromatic nitrogens is 2. The van der Waals surface area contributed by atoms with Crippen molar-refractivity contribution in [1.29, 1.82) is 0 Å². The number of hydrogen-bond acceptors (Lipinski definition) is 7. The number of alkyl halides is 1. The Kier molecular flexibility index (Phi) is 7.18. The molecule has 0 fully saturated rings. The van der Waals surface area contributed by atoms with Crippen molar-refractivity contribution < 1.29 is 13.9 Å². The average molecular weight is 497 g/mol. The molecule has 0 bridgehead atoms. The zero-order valence-corrected chi connectivity index (χ0v) is 17.3. The van der Waals surface area contributed by atoms with Crippen LogP contribution in [0.5, 0.6) is 11.5 Å². The molecule has 0 spiro atoms. The minimum atomic E-state index is -0.230. The Hall–Kier alpha value is -2.24. The minimum absolute atomic E-state index is 0.230. The maximum atomic E-state index is 13.8. The largest absolute Gasteiger partial charge is 0.488 e. The summed E-state index contributed by atoms with van der Waals surface area (Å²) in [7, 11) is 0. The number of halogens is 2. The third-order valence-electron chi connectivity index (χ3n) is 3.90. The third kappa shape index (κ3) is 4.78. The Bertz CT molecular complexity index is 957. The summed E-state index contributed by atoms with van der Waals surface area (Å²) >= 11 is 2.13. The van der Waals surface area contributed by atoms with Gasteiger partial charge < -0.3 is 26.3 Å². The molecule has 0 aliphatic carbocycles. The van der Waals surface area contributed by atoms with Gasteiger partial charge in [0.1, 0.15) is 31.2 Å². The van der Waals surface area contributed by atoms with Crippen LogP contribution in [-0.2, 0) is 4.43 Å². The molecule has 3 rings (SSSR count). The Morgan fingerprint density at radius 3 is 2.39 bits per heavy atom. The summed E-state index contributed by atoms with van der Waals surface area (Å²) in [6.45, 7) is 1.46. The van der Waals surface area contributed by atoms with Crippen LogP contribution < -0.4 is 26.3 Å². The van der Waals surface area contributed by atoms with Crippen LogP contribution in [-0.4, -0.2) is 36.3 Å². The van der Waals surface area contributed by atoms with E-state index in [0.29, 0.717) is 59.1 Å². The summed E-state index contributed by atoms with van der Waals surface area (Å²) in [5.41, 5.74) is 13.1. The molecule has 1 aromatic heterocycles. The van der Waals surface area contributed by atoms with Crippen LogP contribution in [0.3, 0.4) is 0 Å². The normalized spacial score (nSPS) is 10.9. The van der Waals surface area contributed by atoms with E-state index in [9.17, 15) is 4.39 Å². The molecule has 1 heterocycles. The van der Waals surface area contributed by atoms with E-state index in [4.69, 9.17) is 20.9 Å². The van der Waals surface area contributed by atoms with E-state index in [1.165, 1.54) is 12.4 Å². The molecule has 0 saturated heterocycles. The molecule has 0 radical (unpaired) electrons. The Morgan fingerprint density at radius 2 is 1.71 bits per heavy atom. The summed E-state index contributed by atoms with van der Waals surface area (Å²) in [6, 6.07) is 8.46. The topological polar surface area (TPSA) is 108 Å². The first-order valence-electron chi connectivity index (χ1n) is 8.72. The van der Waals surface area contributed by atoms with Gasteiger partial charge in [-0.3, -0.25) is 0 Å². The summed E-state index contributed by atoms with van der Waals surface area (Å²) in [5.74, 6) is 1.44. The predicted octanol–water partition coefficient (Wildman–Crippen LogP) is 3.12. The molecular formula is C19H21FIN5O2. The SMILES string of the molecule is NCCOc1cc2ncnc(Nc3ccc(F)c(CI)c3)c2cc1OCCN. The van der Waals surface area contributed by atoms with E-state index in [1.807, 2.05) is 6.07 Å². The van der Waals surface area contributed by atoms with Crippen LogP contribution in [0.1, 0.15) is 5.56 Å². The Morgan fingerprint density at radius 1 is 1.00 bits per heavy atom. The first-order valence-corrected chi connectivity index (χ1v) is 10.2. The van der Waals surface area contributed by atoms with E-state index in [2.05, 4.69) is 37.9 Å². The molecule has 0 atom stereocenters. The zero-order chi connectivity index (χ0) is 19.9. The molecule has 0 aliphatic heterocycles. The summed E-state index contributed by atoms with van der Waals surface area (Å²) in [6.07, 6.45) is 1.46. The number of nitrogens with zero attached hydrogens (tertiary/aromatic N) is 2. The average Bonchev–Trinajstić information content (AvgIpc) is 2.72. The van der Waals surface area contributed by atoms with Crippen LogP contribution in [0.25, 0.3) is 10.9 Å². The predicted molar refractivity (Wildman–Crippen MR) is 116 cm³/mol. The molecule has 0 aliphatic rings. The van der Waals surface area contributed by atoms with Crippen LogP contribution >= 0.6 is 22.6 Å². The van der Waals surface area contributed by atoms with Gasteiger partial charge in [0.25, 0.3) is 0 Å². The van der Waals surface area contributed by atoms with Gasteiger partial charge in [0.05, 0.1) is 5.52 Å². The van der Waals surface area contributed by atoms with Crippen LogP contribution in [0, 0.1) is 5.82 Å². The third-order valence-corrected chi connectivity index (χ3v) is 4.73. The Balaban J connectivity index is 2.00. The van der Waals surface area contributed by atoms with E-state index in [1.54, 1.807) is 18.2 Å². The van der Waals surface area contributed by atoms with Crippen LogP contribution in [0.2, 0.25) is 0 Å². The number of hydrogen-bond donors (Lipinski definition) is 3. The molecule has 0 unspecified atom stereocenters. The molecule has 3 aromatic rings. The van der Waals surface area contributed by atoms with Gasteiger partial charge in [0.2, 0.25) is 0 Å². The minimum Gasteiger partial charge on any atom is -0.488 e.